The molecule has 0 aliphatic heterocycles. The second-order valence-corrected chi connectivity index (χ2v) is 5.16. The number of aromatic nitrogens is 2. The second kappa shape index (κ2) is 6.72. The molecule has 0 radical (unpaired) electrons. The van der Waals surface area contributed by atoms with Crippen LogP contribution in [0.5, 0.6) is 0 Å². The van der Waals surface area contributed by atoms with E-state index in [-0.39, 0.29) is 5.69 Å². The molecule has 0 fully saturated rings. The highest BCUT2D eigenvalue weighted by atomic mass is 19.4. The summed E-state index contributed by atoms with van der Waals surface area (Å²) in [5.74, 6) is -0.418. The molecule has 7 heteroatoms. The predicted octanol–water partition coefficient (Wildman–Crippen LogP) is 4.41. The van der Waals surface area contributed by atoms with Gasteiger partial charge in [-0.3, -0.25) is 4.79 Å². The van der Waals surface area contributed by atoms with E-state index in [0.29, 0.717) is 5.82 Å². The standard InChI is InChI=1S/C18H12F3N3O/c19-18(20,21)15-9-5-4-8-14(15)17(25)24-13-10-22-16(23-11-13)12-6-2-1-3-7-12/h1-11H,(H,24,25). The summed E-state index contributed by atoms with van der Waals surface area (Å²) < 4.78 is 39.0. The molecule has 0 atom stereocenters. The molecule has 0 saturated carbocycles. The van der Waals surface area contributed by atoms with Gasteiger partial charge >= 0.3 is 6.18 Å². The first-order chi connectivity index (χ1) is 11.9. The summed E-state index contributed by atoms with van der Waals surface area (Å²) >= 11 is 0. The molecule has 0 unspecified atom stereocenters. The van der Waals surface area contributed by atoms with Crippen molar-refractivity contribution < 1.29 is 18.0 Å². The first-order valence-corrected chi connectivity index (χ1v) is 7.30. The number of benzene rings is 2. The summed E-state index contributed by atoms with van der Waals surface area (Å²) in [7, 11) is 0. The highest BCUT2D eigenvalue weighted by molar-refractivity contribution is 6.05. The Labute approximate surface area is 141 Å². The van der Waals surface area contributed by atoms with E-state index in [0.717, 1.165) is 17.7 Å². The summed E-state index contributed by atoms with van der Waals surface area (Å²) in [6, 6.07) is 13.8. The Bertz CT molecular complexity index is 878. The van der Waals surface area contributed by atoms with Gasteiger partial charge in [-0.15, -0.1) is 0 Å². The average Bonchev–Trinajstić information content (AvgIpc) is 2.62. The van der Waals surface area contributed by atoms with Crippen molar-refractivity contribution in [2.45, 2.75) is 6.18 Å². The van der Waals surface area contributed by atoms with Gasteiger partial charge in [0.1, 0.15) is 0 Å². The number of amides is 1. The fraction of sp³-hybridized carbons (Fsp3) is 0.0556. The van der Waals surface area contributed by atoms with Crippen LogP contribution in [0, 0.1) is 0 Å². The van der Waals surface area contributed by atoms with Gasteiger partial charge in [0.15, 0.2) is 5.82 Å². The van der Waals surface area contributed by atoms with E-state index in [1.807, 2.05) is 30.3 Å². The van der Waals surface area contributed by atoms with Crippen LogP contribution >= 0.6 is 0 Å². The lowest BCUT2D eigenvalue weighted by atomic mass is 10.1. The molecule has 126 valence electrons. The van der Waals surface area contributed by atoms with Crippen molar-refractivity contribution in [1.82, 2.24) is 9.97 Å². The summed E-state index contributed by atoms with van der Waals surface area (Å²) in [6.07, 6.45) is -1.91. The molecular formula is C18H12F3N3O. The molecule has 25 heavy (non-hydrogen) atoms. The van der Waals surface area contributed by atoms with Gasteiger partial charge < -0.3 is 5.32 Å². The molecule has 0 bridgehead atoms. The van der Waals surface area contributed by atoms with Gasteiger partial charge in [0.2, 0.25) is 0 Å². The van der Waals surface area contributed by atoms with Crippen molar-refractivity contribution in [1.29, 1.82) is 0 Å². The SMILES string of the molecule is O=C(Nc1cnc(-c2ccccc2)nc1)c1ccccc1C(F)(F)F. The molecule has 1 aromatic heterocycles. The van der Waals surface area contributed by atoms with Gasteiger partial charge in [0.05, 0.1) is 29.2 Å². The number of carbonyl (C=O) groups excluding carboxylic acids is 1. The first kappa shape index (κ1) is 16.6. The van der Waals surface area contributed by atoms with Gasteiger partial charge in [-0.1, -0.05) is 42.5 Å². The first-order valence-electron chi connectivity index (χ1n) is 7.30. The van der Waals surface area contributed by atoms with Crippen LogP contribution in [0.3, 0.4) is 0 Å². The zero-order valence-electron chi connectivity index (χ0n) is 12.8. The van der Waals surface area contributed by atoms with Gasteiger partial charge in [0.25, 0.3) is 5.91 Å². The Balaban J connectivity index is 1.81. The third-order valence-electron chi connectivity index (χ3n) is 3.42. The summed E-state index contributed by atoms with van der Waals surface area (Å²) in [5.41, 5.74) is -0.444. The maximum Gasteiger partial charge on any atom is 0.417 e. The Morgan fingerprint density at radius 2 is 1.48 bits per heavy atom. The van der Waals surface area contributed by atoms with Crippen LogP contribution in [0.4, 0.5) is 18.9 Å². The van der Waals surface area contributed by atoms with E-state index in [1.165, 1.54) is 24.5 Å². The topological polar surface area (TPSA) is 54.9 Å². The van der Waals surface area contributed by atoms with Crippen molar-refractivity contribution >= 4 is 11.6 Å². The largest absolute Gasteiger partial charge is 0.417 e. The Hall–Kier alpha value is -3.22. The van der Waals surface area contributed by atoms with Crippen molar-refractivity contribution in [3.05, 3.63) is 78.1 Å². The van der Waals surface area contributed by atoms with E-state index in [1.54, 1.807) is 0 Å². The number of hydrogen-bond acceptors (Lipinski definition) is 3. The lowest BCUT2D eigenvalue weighted by Gasteiger charge is -2.12. The molecule has 0 saturated heterocycles. The predicted molar refractivity (Wildman–Crippen MR) is 86.9 cm³/mol. The van der Waals surface area contributed by atoms with Gasteiger partial charge in [-0.25, -0.2) is 9.97 Å². The molecule has 3 aromatic rings. The third-order valence-corrected chi connectivity index (χ3v) is 3.42. The maximum atomic E-state index is 13.0. The van der Waals surface area contributed by atoms with Crippen LogP contribution in [-0.4, -0.2) is 15.9 Å². The zero-order valence-corrected chi connectivity index (χ0v) is 12.8. The van der Waals surface area contributed by atoms with Crippen molar-refractivity contribution in [3.63, 3.8) is 0 Å². The van der Waals surface area contributed by atoms with Crippen LogP contribution in [0.15, 0.2) is 67.0 Å². The van der Waals surface area contributed by atoms with E-state index in [2.05, 4.69) is 15.3 Å². The minimum Gasteiger partial charge on any atom is -0.319 e. The lowest BCUT2D eigenvalue weighted by molar-refractivity contribution is -0.137. The van der Waals surface area contributed by atoms with E-state index in [9.17, 15) is 18.0 Å². The van der Waals surface area contributed by atoms with Crippen LogP contribution in [0.25, 0.3) is 11.4 Å². The fourth-order valence-corrected chi connectivity index (χ4v) is 2.26. The molecular weight excluding hydrogens is 331 g/mol. The molecule has 0 aliphatic carbocycles. The molecule has 0 spiro atoms. The fourth-order valence-electron chi connectivity index (χ4n) is 2.26. The van der Waals surface area contributed by atoms with Gasteiger partial charge in [-0.05, 0) is 12.1 Å². The normalized spacial score (nSPS) is 11.2. The number of halogens is 3. The van der Waals surface area contributed by atoms with Crippen LogP contribution in [0.1, 0.15) is 15.9 Å². The number of hydrogen-bond donors (Lipinski definition) is 1. The van der Waals surface area contributed by atoms with Crippen molar-refractivity contribution in [2.24, 2.45) is 0 Å². The molecule has 4 nitrogen and oxygen atoms in total. The number of rotatable bonds is 3. The summed E-state index contributed by atoms with van der Waals surface area (Å²) in [6.45, 7) is 0. The maximum absolute atomic E-state index is 13.0. The second-order valence-electron chi connectivity index (χ2n) is 5.16. The molecule has 1 amide bonds. The van der Waals surface area contributed by atoms with E-state index < -0.39 is 23.2 Å². The average molecular weight is 343 g/mol. The van der Waals surface area contributed by atoms with Gasteiger partial charge in [0, 0.05) is 5.56 Å². The Kier molecular flexibility index (Phi) is 4.47. The molecule has 0 aliphatic rings. The molecule has 3 rings (SSSR count). The third kappa shape index (κ3) is 3.82. The summed E-state index contributed by atoms with van der Waals surface area (Å²) in [4.78, 5) is 20.4. The quantitative estimate of drug-likeness (QED) is 0.766. The number of anilines is 1. The number of nitrogens with one attached hydrogen (secondary N) is 1. The van der Waals surface area contributed by atoms with Crippen molar-refractivity contribution in [3.8, 4) is 11.4 Å². The number of nitrogens with zero attached hydrogens (tertiary/aromatic N) is 2. The van der Waals surface area contributed by atoms with Crippen molar-refractivity contribution in [2.75, 3.05) is 5.32 Å². The molecule has 2 aromatic carbocycles. The van der Waals surface area contributed by atoms with Crippen LogP contribution in [-0.2, 0) is 6.18 Å². The highest BCUT2D eigenvalue weighted by Crippen LogP contribution is 2.32. The molecule has 1 N–H and O–H groups in total. The van der Waals surface area contributed by atoms with E-state index >= 15 is 0 Å². The smallest absolute Gasteiger partial charge is 0.319 e. The lowest BCUT2D eigenvalue weighted by Crippen LogP contribution is -2.18. The zero-order chi connectivity index (χ0) is 17.9. The minimum atomic E-state index is -4.61. The van der Waals surface area contributed by atoms with Crippen LogP contribution in [0.2, 0.25) is 0 Å². The number of carbonyl (C=O) groups is 1. The highest BCUT2D eigenvalue weighted by Gasteiger charge is 2.34. The summed E-state index contributed by atoms with van der Waals surface area (Å²) in [5, 5.41) is 2.39. The van der Waals surface area contributed by atoms with Gasteiger partial charge in [-0.2, -0.15) is 13.2 Å². The minimum absolute atomic E-state index is 0.210. The van der Waals surface area contributed by atoms with E-state index in [4.69, 9.17) is 0 Å². The molecule has 1 heterocycles. The monoisotopic (exact) mass is 343 g/mol. The number of alkyl halides is 3. The van der Waals surface area contributed by atoms with Crippen LogP contribution < -0.4 is 5.32 Å². The Morgan fingerprint density at radius 3 is 2.12 bits per heavy atom. The Morgan fingerprint density at radius 1 is 0.880 bits per heavy atom.